The van der Waals surface area contributed by atoms with E-state index in [9.17, 15) is 39.6 Å². The zero-order chi connectivity index (χ0) is 41.1. The van der Waals surface area contributed by atoms with E-state index in [1.165, 1.54) is 33.4 Å². The van der Waals surface area contributed by atoms with Crippen LogP contribution in [0.25, 0.3) is 0 Å². The summed E-state index contributed by atoms with van der Waals surface area (Å²) in [6.45, 7) is 18.7. The molecule has 0 aromatic heterocycles. The summed E-state index contributed by atoms with van der Waals surface area (Å²) >= 11 is 0. The standard InChI is InChI=1S/C46H70O8/c1-31-18-15-20-34(19-11-13-25-43(4,5)39(47)48)36(31)21-12-14-28-46(10,42(53)54)29-24-35-30-32(2)33(3)37(22-16-26-44(6,7)40(49)50)38(35)23-17-27-45(8,9)41(51)52/h15,18,20,30H,11-14,16-17,19,21-29H2,1-10H3,(H,47,48)(H,49,50)(H,51,52)(H,53,54). The highest BCUT2D eigenvalue weighted by Crippen LogP contribution is 2.36. The number of unbranched alkanes of at least 4 members (excludes halogenated alkanes) is 2. The van der Waals surface area contributed by atoms with Gasteiger partial charge in [0.15, 0.2) is 0 Å². The van der Waals surface area contributed by atoms with Crippen LogP contribution in [0.15, 0.2) is 24.3 Å². The minimum Gasteiger partial charge on any atom is -0.481 e. The van der Waals surface area contributed by atoms with Crippen LogP contribution < -0.4 is 0 Å². The molecule has 54 heavy (non-hydrogen) atoms. The van der Waals surface area contributed by atoms with Crippen molar-refractivity contribution in [2.75, 3.05) is 0 Å². The molecule has 8 nitrogen and oxygen atoms in total. The molecule has 0 aliphatic carbocycles. The Hall–Kier alpha value is -3.68. The number of aryl methyl sites for hydroxylation is 4. The minimum absolute atomic E-state index is 0.478. The van der Waals surface area contributed by atoms with Crippen molar-refractivity contribution in [3.05, 3.63) is 68.8 Å². The maximum absolute atomic E-state index is 12.8. The first-order chi connectivity index (χ1) is 24.9. The molecular weight excluding hydrogens is 680 g/mol. The summed E-state index contributed by atoms with van der Waals surface area (Å²) in [6, 6.07) is 8.55. The molecule has 8 heteroatoms. The third-order valence-corrected chi connectivity index (χ3v) is 12.3. The molecule has 0 heterocycles. The monoisotopic (exact) mass is 751 g/mol. The first-order valence-corrected chi connectivity index (χ1v) is 20.1. The van der Waals surface area contributed by atoms with Crippen LogP contribution in [-0.4, -0.2) is 44.3 Å². The molecule has 2 aromatic carbocycles. The van der Waals surface area contributed by atoms with Gasteiger partial charge in [0.05, 0.1) is 21.7 Å². The largest absolute Gasteiger partial charge is 0.481 e. The van der Waals surface area contributed by atoms with Crippen molar-refractivity contribution in [2.45, 2.75) is 172 Å². The van der Waals surface area contributed by atoms with Crippen LogP contribution in [0.3, 0.4) is 0 Å². The second-order valence-electron chi connectivity index (χ2n) is 18.2. The van der Waals surface area contributed by atoms with Crippen molar-refractivity contribution in [1.82, 2.24) is 0 Å². The Kier molecular flexibility index (Phi) is 17.0. The van der Waals surface area contributed by atoms with E-state index in [0.29, 0.717) is 64.2 Å². The molecule has 0 fully saturated rings. The van der Waals surface area contributed by atoms with E-state index in [1.54, 1.807) is 41.5 Å². The molecule has 0 bridgehead atoms. The van der Waals surface area contributed by atoms with E-state index in [-0.39, 0.29) is 0 Å². The van der Waals surface area contributed by atoms with Gasteiger partial charge in [-0.25, -0.2) is 0 Å². The van der Waals surface area contributed by atoms with Crippen molar-refractivity contribution in [2.24, 2.45) is 21.7 Å². The molecule has 2 aromatic rings. The lowest BCUT2D eigenvalue weighted by Gasteiger charge is -2.27. The summed E-state index contributed by atoms with van der Waals surface area (Å²) in [5, 5.41) is 39.4. The lowest BCUT2D eigenvalue weighted by Crippen LogP contribution is -2.28. The molecule has 2 rings (SSSR count). The number of carboxylic acids is 4. The molecule has 0 saturated carbocycles. The molecule has 0 aliphatic rings. The maximum atomic E-state index is 12.8. The Labute approximate surface area is 325 Å². The van der Waals surface area contributed by atoms with Gasteiger partial charge in [-0.3, -0.25) is 19.2 Å². The molecule has 0 aliphatic heterocycles. The third-order valence-electron chi connectivity index (χ3n) is 12.3. The SMILES string of the molecule is Cc1cc(CCC(C)(CCCCc2c(C)cccc2CCCCC(C)(C)C(=O)O)C(=O)O)c(CCCC(C)(C)C(=O)O)c(CCCC(C)(C)C(=O)O)c1C. The minimum atomic E-state index is -0.918. The highest BCUT2D eigenvalue weighted by molar-refractivity contribution is 5.75. The van der Waals surface area contributed by atoms with Gasteiger partial charge in [-0.2, -0.15) is 0 Å². The van der Waals surface area contributed by atoms with Crippen molar-refractivity contribution >= 4 is 23.9 Å². The molecule has 0 saturated heterocycles. The van der Waals surface area contributed by atoms with Crippen LogP contribution in [0, 0.1) is 42.4 Å². The number of hydrogen-bond donors (Lipinski definition) is 4. The Balaban J connectivity index is 2.23. The summed E-state index contributed by atoms with van der Waals surface area (Å²) in [4.78, 5) is 48.0. The fraction of sp³-hybridized carbons (Fsp3) is 0.652. The summed E-state index contributed by atoms with van der Waals surface area (Å²) < 4.78 is 0. The number of carboxylic acid groups (broad SMARTS) is 4. The number of aliphatic carboxylic acids is 4. The summed E-state index contributed by atoms with van der Waals surface area (Å²) in [5.41, 5.74) is 6.27. The van der Waals surface area contributed by atoms with Gasteiger partial charge >= 0.3 is 23.9 Å². The normalized spacial score (nSPS) is 13.4. The predicted octanol–water partition coefficient (Wildman–Crippen LogP) is 10.7. The highest BCUT2D eigenvalue weighted by Gasteiger charge is 2.33. The predicted molar refractivity (Wildman–Crippen MR) is 216 cm³/mol. The first-order valence-electron chi connectivity index (χ1n) is 20.1. The van der Waals surface area contributed by atoms with Gasteiger partial charge in [0, 0.05) is 0 Å². The van der Waals surface area contributed by atoms with Gasteiger partial charge in [-0.05, 0) is 204 Å². The van der Waals surface area contributed by atoms with E-state index < -0.39 is 45.5 Å². The zero-order valence-electron chi connectivity index (χ0n) is 35.0. The Morgan fingerprint density at radius 1 is 0.463 bits per heavy atom. The lowest BCUT2D eigenvalue weighted by atomic mass is 9.77. The van der Waals surface area contributed by atoms with Crippen LogP contribution in [0.1, 0.15) is 164 Å². The molecule has 0 spiro atoms. The number of carbonyl (C=O) groups is 4. The first kappa shape index (κ1) is 46.5. The summed E-state index contributed by atoms with van der Waals surface area (Å²) in [5.74, 6) is -3.21. The van der Waals surface area contributed by atoms with Gasteiger partial charge in [0.25, 0.3) is 0 Å². The second kappa shape index (κ2) is 19.8. The Morgan fingerprint density at radius 2 is 0.926 bits per heavy atom. The van der Waals surface area contributed by atoms with E-state index in [2.05, 4.69) is 45.0 Å². The summed E-state index contributed by atoms with van der Waals surface area (Å²) in [7, 11) is 0. The molecule has 4 N–H and O–H groups in total. The molecule has 1 unspecified atom stereocenters. The molecule has 0 amide bonds. The topological polar surface area (TPSA) is 149 Å². The van der Waals surface area contributed by atoms with Gasteiger partial charge in [0.1, 0.15) is 0 Å². The lowest BCUT2D eigenvalue weighted by molar-refractivity contribution is -0.149. The second-order valence-corrected chi connectivity index (χ2v) is 18.2. The smallest absolute Gasteiger partial charge is 0.309 e. The molecular formula is C46H70O8. The maximum Gasteiger partial charge on any atom is 0.309 e. The zero-order valence-corrected chi connectivity index (χ0v) is 35.0. The van der Waals surface area contributed by atoms with Crippen molar-refractivity contribution in [3.63, 3.8) is 0 Å². The van der Waals surface area contributed by atoms with E-state index in [4.69, 9.17) is 0 Å². The summed E-state index contributed by atoms with van der Waals surface area (Å²) in [6.07, 6.45) is 11.3. The highest BCUT2D eigenvalue weighted by atomic mass is 16.4. The fourth-order valence-corrected chi connectivity index (χ4v) is 7.53. The van der Waals surface area contributed by atoms with E-state index in [1.807, 2.05) is 6.92 Å². The van der Waals surface area contributed by atoms with Crippen LogP contribution in [0.2, 0.25) is 0 Å². The number of hydrogen-bond acceptors (Lipinski definition) is 4. The Morgan fingerprint density at radius 3 is 1.44 bits per heavy atom. The van der Waals surface area contributed by atoms with Gasteiger partial charge in [0.2, 0.25) is 0 Å². The average Bonchev–Trinajstić information content (AvgIpc) is 3.07. The Bertz CT molecular complexity index is 1610. The molecule has 302 valence electrons. The van der Waals surface area contributed by atoms with Crippen molar-refractivity contribution < 1.29 is 39.6 Å². The van der Waals surface area contributed by atoms with Gasteiger partial charge in [-0.15, -0.1) is 0 Å². The van der Waals surface area contributed by atoms with E-state index >= 15 is 0 Å². The van der Waals surface area contributed by atoms with Crippen LogP contribution in [0.5, 0.6) is 0 Å². The molecule has 1 atom stereocenters. The van der Waals surface area contributed by atoms with Crippen molar-refractivity contribution in [3.8, 4) is 0 Å². The quantitative estimate of drug-likeness (QED) is 0.0733. The fourth-order valence-electron chi connectivity index (χ4n) is 7.53. The average molecular weight is 751 g/mol. The number of benzene rings is 2. The number of rotatable bonds is 25. The van der Waals surface area contributed by atoms with Gasteiger partial charge in [-0.1, -0.05) is 37.1 Å². The van der Waals surface area contributed by atoms with E-state index in [0.717, 1.165) is 49.7 Å². The van der Waals surface area contributed by atoms with Crippen molar-refractivity contribution in [1.29, 1.82) is 0 Å². The third kappa shape index (κ3) is 13.3. The van der Waals surface area contributed by atoms with Crippen LogP contribution >= 0.6 is 0 Å². The molecule has 0 radical (unpaired) electrons. The van der Waals surface area contributed by atoms with Gasteiger partial charge < -0.3 is 20.4 Å². The van der Waals surface area contributed by atoms with Crippen LogP contribution in [0.4, 0.5) is 0 Å². The van der Waals surface area contributed by atoms with Crippen LogP contribution in [-0.2, 0) is 51.3 Å².